The number of rotatable bonds is 7. The van der Waals surface area contributed by atoms with Crippen LogP contribution < -0.4 is 5.32 Å². The Morgan fingerprint density at radius 2 is 1.89 bits per heavy atom. The SMILES string of the molecule is CCN(CC)CCCNC(=O)c1ccc(Cl)c(Cl)c1. The average molecular weight is 303 g/mol. The average Bonchev–Trinajstić information content (AvgIpc) is 2.42. The first-order valence-corrected chi connectivity index (χ1v) is 7.29. The van der Waals surface area contributed by atoms with Crippen LogP contribution in [0.15, 0.2) is 18.2 Å². The van der Waals surface area contributed by atoms with Crippen molar-refractivity contribution in [1.29, 1.82) is 0 Å². The maximum absolute atomic E-state index is 11.9. The minimum atomic E-state index is -0.113. The Balaban J connectivity index is 2.37. The molecule has 0 aliphatic heterocycles. The molecule has 0 spiro atoms. The third-order valence-electron chi connectivity index (χ3n) is 3.01. The highest BCUT2D eigenvalue weighted by Crippen LogP contribution is 2.22. The molecule has 1 aromatic rings. The van der Waals surface area contributed by atoms with E-state index in [1.165, 1.54) is 0 Å². The van der Waals surface area contributed by atoms with Crippen LogP contribution in [0.2, 0.25) is 10.0 Å². The minimum Gasteiger partial charge on any atom is -0.352 e. The standard InChI is InChI=1S/C14H20Cl2N2O/c1-3-18(4-2)9-5-8-17-14(19)11-6-7-12(15)13(16)10-11/h6-7,10H,3-5,8-9H2,1-2H3,(H,17,19). The van der Waals surface area contributed by atoms with Crippen LogP contribution in [-0.2, 0) is 0 Å². The summed E-state index contributed by atoms with van der Waals surface area (Å²) in [4.78, 5) is 14.2. The van der Waals surface area contributed by atoms with E-state index in [9.17, 15) is 4.79 Å². The van der Waals surface area contributed by atoms with Crippen LogP contribution in [0, 0.1) is 0 Å². The molecule has 0 saturated heterocycles. The molecule has 0 saturated carbocycles. The number of hydrogen-bond acceptors (Lipinski definition) is 2. The molecule has 5 heteroatoms. The Kier molecular flexibility index (Phi) is 7.21. The number of halogens is 2. The first kappa shape index (κ1) is 16.3. The summed E-state index contributed by atoms with van der Waals surface area (Å²) in [6, 6.07) is 4.90. The lowest BCUT2D eigenvalue weighted by Crippen LogP contribution is -2.29. The van der Waals surface area contributed by atoms with E-state index in [4.69, 9.17) is 23.2 Å². The van der Waals surface area contributed by atoms with Crippen LogP contribution in [0.1, 0.15) is 30.6 Å². The lowest BCUT2D eigenvalue weighted by Gasteiger charge is -2.17. The fourth-order valence-electron chi connectivity index (χ4n) is 1.78. The summed E-state index contributed by atoms with van der Waals surface area (Å²) >= 11 is 11.7. The van der Waals surface area contributed by atoms with Crippen molar-refractivity contribution in [3.05, 3.63) is 33.8 Å². The van der Waals surface area contributed by atoms with Gasteiger partial charge in [0, 0.05) is 12.1 Å². The Bertz CT molecular complexity index is 420. The lowest BCUT2D eigenvalue weighted by atomic mass is 10.2. The quantitative estimate of drug-likeness (QED) is 0.782. The number of amides is 1. The number of benzene rings is 1. The molecule has 0 aliphatic rings. The fourth-order valence-corrected chi connectivity index (χ4v) is 2.08. The molecule has 1 amide bonds. The van der Waals surface area contributed by atoms with E-state index in [2.05, 4.69) is 24.1 Å². The van der Waals surface area contributed by atoms with Crippen molar-refractivity contribution in [1.82, 2.24) is 10.2 Å². The van der Waals surface area contributed by atoms with Crippen LogP contribution in [0.25, 0.3) is 0 Å². The van der Waals surface area contributed by atoms with E-state index in [-0.39, 0.29) is 5.91 Å². The van der Waals surface area contributed by atoms with Crippen molar-refractivity contribution < 1.29 is 4.79 Å². The van der Waals surface area contributed by atoms with Crippen molar-refractivity contribution in [2.24, 2.45) is 0 Å². The molecule has 0 aliphatic carbocycles. The number of carbonyl (C=O) groups is 1. The van der Waals surface area contributed by atoms with Crippen molar-refractivity contribution in [2.75, 3.05) is 26.2 Å². The van der Waals surface area contributed by atoms with Crippen molar-refractivity contribution >= 4 is 29.1 Å². The third kappa shape index (κ3) is 5.39. The topological polar surface area (TPSA) is 32.3 Å². The van der Waals surface area contributed by atoms with Crippen molar-refractivity contribution in [3.8, 4) is 0 Å². The predicted molar refractivity (Wildman–Crippen MR) is 81.2 cm³/mol. The number of nitrogens with zero attached hydrogens (tertiary/aromatic N) is 1. The van der Waals surface area contributed by atoms with Gasteiger partial charge in [0.25, 0.3) is 5.91 Å². The molecule has 0 unspecified atom stereocenters. The first-order valence-electron chi connectivity index (χ1n) is 6.54. The predicted octanol–water partition coefficient (Wildman–Crippen LogP) is 3.46. The summed E-state index contributed by atoms with van der Waals surface area (Å²) in [6.45, 7) is 8.01. The molecule has 106 valence electrons. The summed E-state index contributed by atoms with van der Waals surface area (Å²) in [5.41, 5.74) is 0.539. The monoisotopic (exact) mass is 302 g/mol. The van der Waals surface area contributed by atoms with Crippen molar-refractivity contribution in [2.45, 2.75) is 20.3 Å². The second-order valence-corrected chi connectivity index (χ2v) is 5.08. The largest absolute Gasteiger partial charge is 0.352 e. The van der Waals surface area contributed by atoms with Gasteiger partial charge in [0.1, 0.15) is 0 Å². The van der Waals surface area contributed by atoms with E-state index < -0.39 is 0 Å². The molecule has 0 fully saturated rings. The molecule has 1 aromatic carbocycles. The maximum atomic E-state index is 11.9. The summed E-state index contributed by atoms with van der Waals surface area (Å²) in [5, 5.41) is 3.74. The summed E-state index contributed by atoms with van der Waals surface area (Å²) in [7, 11) is 0. The second kappa shape index (κ2) is 8.41. The number of hydrogen-bond donors (Lipinski definition) is 1. The lowest BCUT2D eigenvalue weighted by molar-refractivity contribution is 0.0952. The van der Waals surface area contributed by atoms with Gasteiger partial charge < -0.3 is 10.2 Å². The van der Waals surface area contributed by atoms with E-state index in [1.807, 2.05) is 0 Å². The normalized spacial score (nSPS) is 10.8. The molecular formula is C14H20Cl2N2O. The molecule has 0 radical (unpaired) electrons. The highest BCUT2D eigenvalue weighted by atomic mass is 35.5. The van der Waals surface area contributed by atoms with Crippen LogP contribution >= 0.6 is 23.2 Å². The van der Waals surface area contributed by atoms with Gasteiger partial charge in [0.15, 0.2) is 0 Å². The van der Waals surface area contributed by atoms with Gasteiger partial charge in [0.2, 0.25) is 0 Å². The maximum Gasteiger partial charge on any atom is 0.251 e. The third-order valence-corrected chi connectivity index (χ3v) is 3.75. The summed E-state index contributed by atoms with van der Waals surface area (Å²) in [6.07, 6.45) is 0.939. The Hall–Kier alpha value is -0.770. The minimum absolute atomic E-state index is 0.113. The second-order valence-electron chi connectivity index (χ2n) is 4.27. The fraction of sp³-hybridized carbons (Fsp3) is 0.500. The van der Waals surface area contributed by atoms with Gasteiger partial charge in [-0.3, -0.25) is 4.79 Å². The Morgan fingerprint density at radius 3 is 2.47 bits per heavy atom. The highest BCUT2D eigenvalue weighted by molar-refractivity contribution is 6.42. The smallest absolute Gasteiger partial charge is 0.251 e. The van der Waals surface area contributed by atoms with Gasteiger partial charge in [-0.05, 0) is 44.3 Å². The zero-order valence-electron chi connectivity index (χ0n) is 11.4. The van der Waals surface area contributed by atoms with Gasteiger partial charge in [-0.15, -0.1) is 0 Å². The van der Waals surface area contributed by atoms with Crippen LogP contribution in [-0.4, -0.2) is 37.0 Å². The highest BCUT2D eigenvalue weighted by Gasteiger charge is 2.07. The zero-order valence-corrected chi connectivity index (χ0v) is 12.9. The van der Waals surface area contributed by atoms with Gasteiger partial charge in [-0.25, -0.2) is 0 Å². The van der Waals surface area contributed by atoms with E-state index in [0.29, 0.717) is 22.2 Å². The Labute approximate surface area is 124 Å². The molecular weight excluding hydrogens is 283 g/mol. The molecule has 1 rings (SSSR count). The molecule has 1 N–H and O–H groups in total. The molecule has 0 bridgehead atoms. The molecule has 0 heterocycles. The van der Waals surface area contributed by atoms with Gasteiger partial charge in [0.05, 0.1) is 10.0 Å². The first-order chi connectivity index (χ1) is 9.08. The van der Waals surface area contributed by atoms with Gasteiger partial charge in [-0.1, -0.05) is 37.0 Å². The number of carbonyl (C=O) groups excluding carboxylic acids is 1. The zero-order chi connectivity index (χ0) is 14.3. The van der Waals surface area contributed by atoms with Crippen LogP contribution in [0.4, 0.5) is 0 Å². The van der Waals surface area contributed by atoms with E-state index in [0.717, 1.165) is 26.1 Å². The van der Waals surface area contributed by atoms with Gasteiger partial charge >= 0.3 is 0 Å². The molecule has 0 aromatic heterocycles. The van der Waals surface area contributed by atoms with Crippen LogP contribution in [0.5, 0.6) is 0 Å². The molecule has 19 heavy (non-hydrogen) atoms. The molecule has 3 nitrogen and oxygen atoms in total. The number of nitrogens with one attached hydrogen (secondary N) is 1. The van der Waals surface area contributed by atoms with Crippen molar-refractivity contribution in [3.63, 3.8) is 0 Å². The summed E-state index contributed by atoms with van der Waals surface area (Å²) in [5.74, 6) is -0.113. The Morgan fingerprint density at radius 1 is 1.21 bits per heavy atom. The van der Waals surface area contributed by atoms with Crippen LogP contribution in [0.3, 0.4) is 0 Å². The van der Waals surface area contributed by atoms with Gasteiger partial charge in [-0.2, -0.15) is 0 Å². The van der Waals surface area contributed by atoms with E-state index in [1.54, 1.807) is 18.2 Å². The molecule has 0 atom stereocenters. The van der Waals surface area contributed by atoms with E-state index >= 15 is 0 Å². The summed E-state index contributed by atoms with van der Waals surface area (Å²) < 4.78 is 0.